The second-order valence-electron chi connectivity index (χ2n) is 6.49. The first-order chi connectivity index (χ1) is 13.1. The molecule has 0 spiro atoms. The summed E-state index contributed by atoms with van der Waals surface area (Å²) < 4.78 is 0. The van der Waals surface area contributed by atoms with Crippen LogP contribution in [0.25, 0.3) is 11.1 Å². The SMILES string of the molecule is O=C1C(=O)N(C(=O)c2ccc(-c3ccccc3)cc2)C[C@H]1c1ccccc1. The van der Waals surface area contributed by atoms with Crippen molar-refractivity contribution in [3.8, 4) is 11.1 Å². The van der Waals surface area contributed by atoms with Crippen molar-refractivity contribution in [1.82, 2.24) is 4.90 Å². The minimum absolute atomic E-state index is 0.0843. The van der Waals surface area contributed by atoms with Gasteiger partial charge in [-0.05, 0) is 28.8 Å². The van der Waals surface area contributed by atoms with Crippen LogP contribution in [0.4, 0.5) is 0 Å². The van der Waals surface area contributed by atoms with E-state index in [9.17, 15) is 14.4 Å². The van der Waals surface area contributed by atoms with Crippen molar-refractivity contribution in [2.75, 3.05) is 6.54 Å². The van der Waals surface area contributed by atoms with Gasteiger partial charge < -0.3 is 0 Å². The molecule has 0 aromatic heterocycles. The minimum Gasteiger partial charge on any atom is -0.288 e. The number of ketones is 1. The molecule has 1 aliphatic rings. The highest BCUT2D eigenvalue weighted by molar-refractivity contribution is 6.43. The zero-order chi connectivity index (χ0) is 18.8. The Labute approximate surface area is 157 Å². The third-order valence-corrected chi connectivity index (χ3v) is 4.82. The average Bonchev–Trinajstić information content (AvgIpc) is 3.04. The lowest BCUT2D eigenvalue weighted by molar-refractivity contribution is -0.139. The van der Waals surface area contributed by atoms with Crippen molar-refractivity contribution in [2.24, 2.45) is 0 Å². The van der Waals surface area contributed by atoms with Gasteiger partial charge in [0, 0.05) is 12.1 Å². The number of likely N-dealkylation sites (tertiary alicyclic amines) is 1. The average molecular weight is 355 g/mol. The van der Waals surface area contributed by atoms with Crippen LogP contribution in [0.5, 0.6) is 0 Å². The Kier molecular flexibility index (Phi) is 4.38. The van der Waals surface area contributed by atoms with Gasteiger partial charge in [0.1, 0.15) is 0 Å². The van der Waals surface area contributed by atoms with Crippen molar-refractivity contribution in [1.29, 1.82) is 0 Å². The number of hydrogen-bond donors (Lipinski definition) is 0. The molecule has 132 valence electrons. The molecule has 1 saturated heterocycles. The molecule has 0 bridgehead atoms. The molecule has 1 heterocycles. The normalized spacial score (nSPS) is 16.6. The number of Topliss-reactive ketones (excluding diaryl/α,β-unsaturated/α-hetero) is 1. The highest BCUT2D eigenvalue weighted by atomic mass is 16.2. The Bertz CT molecular complexity index is 995. The largest absolute Gasteiger partial charge is 0.297 e. The molecule has 27 heavy (non-hydrogen) atoms. The molecule has 1 atom stereocenters. The molecule has 0 radical (unpaired) electrons. The summed E-state index contributed by atoms with van der Waals surface area (Å²) in [5.41, 5.74) is 3.18. The van der Waals surface area contributed by atoms with Crippen LogP contribution in [0.2, 0.25) is 0 Å². The lowest BCUT2D eigenvalue weighted by atomic mass is 9.97. The summed E-state index contributed by atoms with van der Waals surface area (Å²) >= 11 is 0. The van der Waals surface area contributed by atoms with Gasteiger partial charge in [0.15, 0.2) is 0 Å². The van der Waals surface area contributed by atoms with E-state index in [-0.39, 0.29) is 6.54 Å². The number of amides is 2. The number of carbonyl (C=O) groups excluding carboxylic acids is 3. The Morgan fingerprint density at radius 1 is 0.741 bits per heavy atom. The number of carbonyl (C=O) groups is 3. The number of nitrogens with zero attached hydrogens (tertiary/aromatic N) is 1. The molecular weight excluding hydrogens is 338 g/mol. The predicted molar refractivity (Wildman–Crippen MR) is 102 cm³/mol. The number of benzene rings is 3. The van der Waals surface area contributed by atoms with Crippen molar-refractivity contribution in [3.05, 3.63) is 96.1 Å². The fourth-order valence-corrected chi connectivity index (χ4v) is 3.34. The number of rotatable bonds is 3. The fourth-order valence-electron chi connectivity index (χ4n) is 3.34. The highest BCUT2D eigenvalue weighted by Gasteiger charge is 2.42. The van der Waals surface area contributed by atoms with Crippen LogP contribution in [0.3, 0.4) is 0 Å². The smallest absolute Gasteiger partial charge is 0.288 e. The maximum atomic E-state index is 12.8. The zero-order valence-corrected chi connectivity index (χ0v) is 14.5. The van der Waals surface area contributed by atoms with Gasteiger partial charge in [-0.2, -0.15) is 0 Å². The summed E-state index contributed by atoms with van der Waals surface area (Å²) in [6, 6.07) is 26.0. The Morgan fingerprint density at radius 3 is 1.93 bits per heavy atom. The first-order valence-electron chi connectivity index (χ1n) is 8.75. The Morgan fingerprint density at radius 2 is 1.30 bits per heavy atom. The summed E-state index contributed by atoms with van der Waals surface area (Å²) in [5.74, 6) is -2.30. The van der Waals surface area contributed by atoms with E-state index < -0.39 is 23.5 Å². The maximum Gasteiger partial charge on any atom is 0.297 e. The molecule has 3 aromatic rings. The standard InChI is InChI=1S/C23H17NO3/c25-21-20(18-9-5-2-6-10-18)15-24(23(21)27)22(26)19-13-11-17(12-14-19)16-7-3-1-4-8-16/h1-14,20H,15H2/t20-/m0/s1. The Balaban J connectivity index is 1.56. The molecular formula is C23H17NO3. The van der Waals surface area contributed by atoms with Crippen LogP contribution < -0.4 is 0 Å². The molecule has 4 rings (SSSR count). The van der Waals surface area contributed by atoms with Crippen LogP contribution in [-0.4, -0.2) is 29.0 Å². The van der Waals surface area contributed by atoms with Gasteiger partial charge in [-0.25, -0.2) is 0 Å². The van der Waals surface area contributed by atoms with E-state index in [2.05, 4.69) is 0 Å². The third-order valence-electron chi connectivity index (χ3n) is 4.82. The molecule has 2 amide bonds. The molecule has 0 unspecified atom stereocenters. The van der Waals surface area contributed by atoms with Crippen molar-refractivity contribution in [3.63, 3.8) is 0 Å². The van der Waals surface area contributed by atoms with E-state index >= 15 is 0 Å². The van der Waals surface area contributed by atoms with E-state index in [1.54, 1.807) is 24.3 Å². The predicted octanol–water partition coefficient (Wildman–Crippen LogP) is 3.69. The molecule has 1 fully saturated rings. The van der Waals surface area contributed by atoms with Gasteiger partial charge >= 0.3 is 0 Å². The zero-order valence-electron chi connectivity index (χ0n) is 14.5. The van der Waals surface area contributed by atoms with Gasteiger partial charge in [-0.3, -0.25) is 19.3 Å². The van der Waals surface area contributed by atoms with Gasteiger partial charge in [-0.15, -0.1) is 0 Å². The van der Waals surface area contributed by atoms with E-state index in [4.69, 9.17) is 0 Å². The van der Waals surface area contributed by atoms with Crippen molar-refractivity contribution < 1.29 is 14.4 Å². The topological polar surface area (TPSA) is 54.5 Å². The summed E-state index contributed by atoms with van der Waals surface area (Å²) in [4.78, 5) is 38.5. The van der Waals surface area contributed by atoms with Crippen molar-refractivity contribution in [2.45, 2.75) is 5.92 Å². The first-order valence-corrected chi connectivity index (χ1v) is 8.75. The summed E-state index contributed by atoms with van der Waals surface area (Å²) in [7, 11) is 0. The second kappa shape index (κ2) is 7.00. The van der Waals surface area contributed by atoms with E-state index in [1.165, 1.54) is 0 Å². The minimum atomic E-state index is -0.735. The summed E-state index contributed by atoms with van der Waals surface area (Å²) in [5, 5.41) is 0. The van der Waals surface area contributed by atoms with Gasteiger partial charge in [0.2, 0.25) is 5.78 Å². The van der Waals surface area contributed by atoms with E-state index in [0.29, 0.717) is 5.56 Å². The van der Waals surface area contributed by atoms with Crippen molar-refractivity contribution >= 4 is 17.6 Å². The lowest BCUT2D eigenvalue weighted by Crippen LogP contribution is -2.33. The van der Waals surface area contributed by atoms with E-state index in [0.717, 1.165) is 21.6 Å². The molecule has 0 N–H and O–H groups in total. The summed E-state index contributed by atoms with van der Waals surface area (Å²) in [6.45, 7) is 0.0843. The fraction of sp³-hybridized carbons (Fsp3) is 0.0870. The third kappa shape index (κ3) is 3.17. The van der Waals surface area contributed by atoms with Gasteiger partial charge in [0.25, 0.3) is 11.8 Å². The quantitative estimate of drug-likeness (QED) is 0.532. The van der Waals surface area contributed by atoms with Crippen LogP contribution in [0, 0.1) is 0 Å². The van der Waals surface area contributed by atoms with Crippen LogP contribution in [0.15, 0.2) is 84.9 Å². The van der Waals surface area contributed by atoms with Crippen LogP contribution in [-0.2, 0) is 9.59 Å². The Hall–Kier alpha value is -3.53. The highest BCUT2D eigenvalue weighted by Crippen LogP contribution is 2.27. The van der Waals surface area contributed by atoms with Crippen LogP contribution in [0.1, 0.15) is 21.8 Å². The monoisotopic (exact) mass is 355 g/mol. The summed E-state index contributed by atoms with van der Waals surface area (Å²) in [6.07, 6.45) is 0. The second-order valence-corrected chi connectivity index (χ2v) is 6.49. The lowest BCUT2D eigenvalue weighted by Gasteiger charge is -2.14. The van der Waals surface area contributed by atoms with Gasteiger partial charge in [-0.1, -0.05) is 72.8 Å². The van der Waals surface area contributed by atoms with E-state index in [1.807, 2.05) is 60.7 Å². The molecule has 1 aliphatic heterocycles. The molecule has 3 aromatic carbocycles. The van der Waals surface area contributed by atoms with Crippen LogP contribution >= 0.6 is 0 Å². The van der Waals surface area contributed by atoms with Gasteiger partial charge in [0.05, 0.1) is 5.92 Å². The molecule has 0 aliphatic carbocycles. The molecule has 4 nitrogen and oxygen atoms in total. The molecule has 4 heteroatoms. The first kappa shape index (κ1) is 16.9. The number of imide groups is 1. The molecule has 0 saturated carbocycles. The maximum absolute atomic E-state index is 12.8. The number of hydrogen-bond acceptors (Lipinski definition) is 3.